The Balaban J connectivity index is 1.80. The Bertz CT molecular complexity index is 333. The Morgan fingerprint density at radius 1 is 1.18 bits per heavy atom. The molecule has 0 amide bonds. The van der Waals surface area contributed by atoms with E-state index in [-0.39, 0.29) is 23.3 Å². The summed E-state index contributed by atoms with van der Waals surface area (Å²) >= 11 is 5.99. The van der Waals surface area contributed by atoms with Crippen LogP contribution in [0.4, 0.5) is 0 Å². The van der Waals surface area contributed by atoms with Crippen LogP contribution in [0, 0.1) is 0 Å². The molecule has 2 rings (SSSR count). The van der Waals surface area contributed by atoms with Gasteiger partial charge in [-0.05, 0) is 38.5 Å². The number of hydrogen-bond acceptors (Lipinski definition) is 3. The highest BCUT2D eigenvalue weighted by atomic mass is 35.5. The molecule has 1 saturated carbocycles. The third-order valence-corrected chi connectivity index (χ3v) is 5.37. The van der Waals surface area contributed by atoms with Crippen molar-refractivity contribution in [3.63, 3.8) is 0 Å². The van der Waals surface area contributed by atoms with Crippen LogP contribution in [0.2, 0.25) is 0 Å². The molecule has 2 aliphatic rings. The van der Waals surface area contributed by atoms with E-state index in [0.29, 0.717) is 6.61 Å². The largest absolute Gasteiger partial charge is 0.377 e. The van der Waals surface area contributed by atoms with Crippen LogP contribution in [0.15, 0.2) is 0 Å². The zero-order chi connectivity index (χ0) is 12.3. The fourth-order valence-electron chi connectivity index (χ4n) is 2.49. The second-order valence-corrected chi connectivity index (χ2v) is 7.40. The average molecular weight is 282 g/mol. The lowest BCUT2D eigenvalue weighted by atomic mass is 9.96. The van der Waals surface area contributed by atoms with Gasteiger partial charge in [0, 0.05) is 18.0 Å². The summed E-state index contributed by atoms with van der Waals surface area (Å²) in [7, 11) is -3.20. The standard InChI is InChI=1S/C11H20ClNO3S/c12-9-3-5-10(6-4-9)13-17(14,15)8-11-2-1-7-16-11/h9-11,13H,1-8H2. The molecule has 1 N–H and O–H groups in total. The molecule has 0 bridgehead atoms. The predicted molar refractivity (Wildman–Crippen MR) is 67.8 cm³/mol. The molecule has 4 nitrogen and oxygen atoms in total. The van der Waals surface area contributed by atoms with Crippen molar-refractivity contribution in [1.29, 1.82) is 0 Å². The van der Waals surface area contributed by atoms with Crippen molar-refractivity contribution in [1.82, 2.24) is 4.72 Å². The predicted octanol–water partition coefficient (Wildman–Crippen LogP) is 1.63. The molecule has 100 valence electrons. The van der Waals surface area contributed by atoms with Gasteiger partial charge in [0.25, 0.3) is 0 Å². The summed E-state index contributed by atoms with van der Waals surface area (Å²) in [4.78, 5) is 0. The molecule has 6 heteroatoms. The molecule has 1 aliphatic heterocycles. The number of hydrogen-bond donors (Lipinski definition) is 1. The van der Waals surface area contributed by atoms with Crippen LogP contribution in [0.5, 0.6) is 0 Å². The highest BCUT2D eigenvalue weighted by Crippen LogP contribution is 2.23. The van der Waals surface area contributed by atoms with E-state index in [9.17, 15) is 8.42 Å². The zero-order valence-corrected chi connectivity index (χ0v) is 11.5. The Kier molecular flexibility index (Phi) is 4.69. The number of sulfonamides is 1. The van der Waals surface area contributed by atoms with E-state index in [2.05, 4.69) is 4.72 Å². The lowest BCUT2D eigenvalue weighted by Crippen LogP contribution is -2.41. The topological polar surface area (TPSA) is 55.4 Å². The molecule has 2 fully saturated rings. The van der Waals surface area contributed by atoms with E-state index in [0.717, 1.165) is 38.5 Å². The maximum atomic E-state index is 11.9. The van der Waals surface area contributed by atoms with Gasteiger partial charge in [0.15, 0.2) is 0 Å². The fraction of sp³-hybridized carbons (Fsp3) is 1.00. The average Bonchev–Trinajstić information content (AvgIpc) is 2.73. The van der Waals surface area contributed by atoms with Crippen LogP contribution < -0.4 is 4.72 Å². The van der Waals surface area contributed by atoms with Crippen LogP contribution in [-0.4, -0.2) is 38.3 Å². The van der Waals surface area contributed by atoms with Crippen molar-refractivity contribution < 1.29 is 13.2 Å². The maximum Gasteiger partial charge on any atom is 0.214 e. The minimum Gasteiger partial charge on any atom is -0.377 e. The second kappa shape index (κ2) is 5.87. The molecule has 0 radical (unpaired) electrons. The third-order valence-electron chi connectivity index (χ3n) is 3.43. The van der Waals surface area contributed by atoms with Gasteiger partial charge in [-0.3, -0.25) is 0 Å². The van der Waals surface area contributed by atoms with Crippen LogP contribution in [-0.2, 0) is 14.8 Å². The van der Waals surface area contributed by atoms with Crippen molar-refractivity contribution in [2.24, 2.45) is 0 Å². The normalized spacial score (nSPS) is 35.0. The minimum absolute atomic E-state index is 0.0661. The third kappa shape index (κ3) is 4.39. The summed E-state index contributed by atoms with van der Waals surface area (Å²) in [5.74, 6) is 0.105. The minimum atomic E-state index is -3.20. The van der Waals surface area contributed by atoms with Gasteiger partial charge in [-0.25, -0.2) is 13.1 Å². The number of halogens is 1. The van der Waals surface area contributed by atoms with E-state index in [1.54, 1.807) is 0 Å². The van der Waals surface area contributed by atoms with Crippen LogP contribution in [0.25, 0.3) is 0 Å². The number of rotatable bonds is 4. The van der Waals surface area contributed by atoms with Crippen molar-refractivity contribution in [2.75, 3.05) is 12.4 Å². The maximum absolute atomic E-state index is 11.9. The Labute approximate surface area is 108 Å². The first-order chi connectivity index (χ1) is 8.05. The molecule has 1 heterocycles. The zero-order valence-electron chi connectivity index (χ0n) is 9.90. The van der Waals surface area contributed by atoms with E-state index >= 15 is 0 Å². The highest BCUT2D eigenvalue weighted by Gasteiger charge is 2.27. The van der Waals surface area contributed by atoms with Gasteiger partial charge in [-0.1, -0.05) is 0 Å². The second-order valence-electron chi connectivity index (χ2n) is 4.98. The van der Waals surface area contributed by atoms with E-state index in [1.807, 2.05) is 0 Å². The van der Waals surface area contributed by atoms with Crippen LogP contribution in [0.1, 0.15) is 38.5 Å². The Hall–Kier alpha value is 0.160. The quantitative estimate of drug-likeness (QED) is 0.797. The molecule has 1 atom stereocenters. The molecule has 0 aromatic heterocycles. The smallest absolute Gasteiger partial charge is 0.214 e. The summed E-state index contributed by atoms with van der Waals surface area (Å²) in [6.45, 7) is 0.692. The molecule has 1 saturated heterocycles. The summed E-state index contributed by atoms with van der Waals surface area (Å²) in [6.07, 6.45) is 5.20. The van der Waals surface area contributed by atoms with E-state index in [1.165, 1.54) is 0 Å². The Morgan fingerprint density at radius 2 is 1.88 bits per heavy atom. The van der Waals surface area contributed by atoms with Gasteiger partial charge in [0.1, 0.15) is 0 Å². The molecule has 0 aromatic rings. The van der Waals surface area contributed by atoms with Crippen LogP contribution >= 0.6 is 11.6 Å². The monoisotopic (exact) mass is 281 g/mol. The van der Waals surface area contributed by atoms with Gasteiger partial charge in [-0.2, -0.15) is 0 Å². The molecular formula is C11H20ClNO3S. The van der Waals surface area contributed by atoms with E-state index in [4.69, 9.17) is 16.3 Å². The number of nitrogens with one attached hydrogen (secondary N) is 1. The lowest BCUT2D eigenvalue weighted by molar-refractivity contribution is 0.127. The van der Waals surface area contributed by atoms with Crippen molar-refractivity contribution in [2.45, 2.75) is 56.0 Å². The molecular weight excluding hydrogens is 262 g/mol. The summed E-state index contributed by atoms with van der Waals surface area (Å²) < 4.78 is 32.0. The first-order valence-electron chi connectivity index (χ1n) is 6.31. The van der Waals surface area contributed by atoms with Crippen molar-refractivity contribution in [3.8, 4) is 0 Å². The van der Waals surface area contributed by atoms with Gasteiger partial charge < -0.3 is 4.74 Å². The van der Waals surface area contributed by atoms with Crippen LogP contribution in [0.3, 0.4) is 0 Å². The lowest BCUT2D eigenvalue weighted by Gasteiger charge is -2.26. The van der Waals surface area contributed by atoms with Gasteiger partial charge in [0.2, 0.25) is 10.0 Å². The first-order valence-corrected chi connectivity index (χ1v) is 8.40. The fourth-order valence-corrected chi connectivity index (χ4v) is 4.34. The molecule has 0 spiro atoms. The first kappa shape index (κ1) is 13.6. The number of alkyl halides is 1. The van der Waals surface area contributed by atoms with Gasteiger partial charge >= 0.3 is 0 Å². The number of ether oxygens (including phenoxy) is 1. The van der Waals surface area contributed by atoms with Gasteiger partial charge in [-0.15, -0.1) is 11.6 Å². The molecule has 0 aromatic carbocycles. The molecule has 1 aliphatic carbocycles. The van der Waals surface area contributed by atoms with Crippen molar-refractivity contribution >= 4 is 21.6 Å². The highest BCUT2D eigenvalue weighted by molar-refractivity contribution is 7.89. The van der Waals surface area contributed by atoms with Gasteiger partial charge in [0.05, 0.1) is 11.9 Å². The molecule has 17 heavy (non-hydrogen) atoms. The SMILES string of the molecule is O=S(=O)(CC1CCCO1)NC1CCC(Cl)CC1. The summed E-state index contributed by atoms with van der Waals surface area (Å²) in [5, 5.41) is 0.217. The Morgan fingerprint density at radius 3 is 2.47 bits per heavy atom. The van der Waals surface area contributed by atoms with E-state index < -0.39 is 10.0 Å². The van der Waals surface area contributed by atoms with Crippen molar-refractivity contribution in [3.05, 3.63) is 0 Å². The summed E-state index contributed by atoms with van der Waals surface area (Å²) in [5.41, 5.74) is 0. The molecule has 1 unspecified atom stereocenters. The summed E-state index contributed by atoms with van der Waals surface area (Å²) in [6, 6.07) is 0.0661.